The molecule has 3 amide bonds. The van der Waals surface area contributed by atoms with Crippen molar-refractivity contribution < 1.29 is 14.4 Å². The zero-order valence-electron chi connectivity index (χ0n) is 21.4. The summed E-state index contributed by atoms with van der Waals surface area (Å²) in [5.41, 5.74) is 1.83. The third-order valence-electron chi connectivity index (χ3n) is 8.48. The number of hydrogen-bond donors (Lipinski definition) is 1. The van der Waals surface area contributed by atoms with Gasteiger partial charge in [-0.2, -0.15) is 0 Å². The lowest BCUT2D eigenvalue weighted by Gasteiger charge is -2.38. The molecule has 2 aromatic carbocycles. The summed E-state index contributed by atoms with van der Waals surface area (Å²) in [6, 6.07) is 17.5. The van der Waals surface area contributed by atoms with Crippen molar-refractivity contribution in [2.24, 2.45) is 30.7 Å². The highest BCUT2D eigenvalue weighted by Crippen LogP contribution is 2.50. The number of allylic oxidation sites excluding steroid dienone is 2. The second kappa shape index (κ2) is 9.28. The molecule has 1 aliphatic heterocycles. The molecule has 4 aliphatic rings. The molecular formula is C30H30N4O4. The fourth-order valence-electron chi connectivity index (χ4n) is 6.46. The van der Waals surface area contributed by atoms with Gasteiger partial charge in [-0.15, -0.1) is 0 Å². The highest BCUT2D eigenvalue weighted by Gasteiger charge is 2.58. The summed E-state index contributed by atoms with van der Waals surface area (Å²) < 4.78 is 3.17. The highest BCUT2D eigenvalue weighted by molar-refractivity contribution is 6.10. The summed E-state index contributed by atoms with van der Waals surface area (Å²) >= 11 is 0. The zero-order valence-corrected chi connectivity index (χ0v) is 21.4. The van der Waals surface area contributed by atoms with Crippen molar-refractivity contribution in [3.8, 4) is 5.69 Å². The molecule has 1 saturated heterocycles. The van der Waals surface area contributed by atoms with Crippen LogP contribution in [-0.2, 0) is 27.9 Å². The number of nitrogens with one attached hydrogen (secondary N) is 1. The van der Waals surface area contributed by atoms with Crippen LogP contribution in [0.4, 0.5) is 5.69 Å². The Balaban J connectivity index is 1.36. The first-order valence-corrected chi connectivity index (χ1v) is 13.1. The van der Waals surface area contributed by atoms with E-state index in [1.165, 1.54) is 9.58 Å². The van der Waals surface area contributed by atoms with Gasteiger partial charge in [-0.3, -0.25) is 28.8 Å². The van der Waals surface area contributed by atoms with Crippen LogP contribution in [0.15, 0.2) is 77.6 Å². The standard InChI is InChI=1S/C30H30N4O4/c1-18-26(30(38)34(32(18)2)22-11-7-4-8-12-22)31-27(35)23(17-19-9-5-3-6-10-19)33-28(36)24-20-13-14-21(16-15-20)25(24)29(33)37/h3-14,20-21,23-25H,15-17H2,1-2H3,(H,31,35). The zero-order chi connectivity index (χ0) is 26.6. The largest absolute Gasteiger partial charge is 0.318 e. The van der Waals surface area contributed by atoms with Crippen LogP contribution in [0, 0.1) is 30.6 Å². The molecule has 2 fully saturated rings. The number of para-hydroxylation sites is 1. The number of rotatable bonds is 6. The van der Waals surface area contributed by atoms with Crippen LogP contribution < -0.4 is 10.9 Å². The predicted molar refractivity (Wildman–Crippen MR) is 142 cm³/mol. The molecule has 1 N–H and O–H groups in total. The Morgan fingerprint density at radius 3 is 2.00 bits per heavy atom. The number of nitrogens with zero attached hydrogens (tertiary/aromatic N) is 3. The molecular weight excluding hydrogens is 480 g/mol. The van der Waals surface area contributed by atoms with Crippen LogP contribution in [-0.4, -0.2) is 38.0 Å². The summed E-state index contributed by atoms with van der Waals surface area (Å²) in [5.74, 6) is -1.86. The Morgan fingerprint density at radius 1 is 0.895 bits per heavy atom. The van der Waals surface area contributed by atoms with Crippen LogP contribution in [0.1, 0.15) is 24.1 Å². The number of carbonyl (C=O) groups excluding carboxylic acids is 3. The Kier molecular flexibility index (Phi) is 5.90. The molecule has 0 radical (unpaired) electrons. The van der Waals surface area contributed by atoms with E-state index in [-0.39, 0.29) is 41.3 Å². The van der Waals surface area contributed by atoms with Crippen LogP contribution in [0.3, 0.4) is 0 Å². The number of hydrogen-bond acceptors (Lipinski definition) is 4. The predicted octanol–water partition coefficient (Wildman–Crippen LogP) is 3.23. The van der Waals surface area contributed by atoms with Gasteiger partial charge in [0.1, 0.15) is 11.7 Å². The smallest absolute Gasteiger partial charge is 0.295 e. The molecule has 1 saturated carbocycles. The summed E-state index contributed by atoms with van der Waals surface area (Å²) in [4.78, 5) is 56.0. The van der Waals surface area contributed by atoms with Gasteiger partial charge in [-0.05, 0) is 49.3 Å². The van der Waals surface area contributed by atoms with Crippen molar-refractivity contribution in [3.05, 3.63) is 94.4 Å². The first kappa shape index (κ1) is 24.2. The maximum absolute atomic E-state index is 13.9. The molecule has 38 heavy (non-hydrogen) atoms. The van der Waals surface area contributed by atoms with Gasteiger partial charge in [0.15, 0.2) is 0 Å². The van der Waals surface area contributed by atoms with Crippen LogP contribution in [0.5, 0.6) is 0 Å². The molecule has 8 heteroatoms. The first-order valence-electron chi connectivity index (χ1n) is 13.1. The second-order valence-corrected chi connectivity index (χ2v) is 10.5. The quantitative estimate of drug-likeness (QED) is 0.407. The van der Waals surface area contributed by atoms with E-state index in [0.29, 0.717) is 11.4 Å². The van der Waals surface area contributed by atoms with E-state index in [9.17, 15) is 19.2 Å². The Labute approximate surface area is 220 Å². The highest BCUT2D eigenvalue weighted by atomic mass is 16.2. The molecule has 2 bridgehead atoms. The number of aromatic nitrogens is 2. The fraction of sp³-hybridized carbons (Fsp3) is 0.333. The van der Waals surface area contributed by atoms with E-state index >= 15 is 0 Å². The monoisotopic (exact) mass is 510 g/mol. The number of amides is 3. The van der Waals surface area contributed by atoms with E-state index in [0.717, 1.165) is 18.4 Å². The van der Waals surface area contributed by atoms with Gasteiger partial charge in [0.2, 0.25) is 17.7 Å². The number of imide groups is 1. The second-order valence-electron chi connectivity index (χ2n) is 10.5. The normalized spacial score (nSPS) is 24.5. The maximum Gasteiger partial charge on any atom is 0.295 e. The molecule has 194 valence electrons. The van der Waals surface area contributed by atoms with Crippen molar-refractivity contribution >= 4 is 23.4 Å². The van der Waals surface area contributed by atoms with Gasteiger partial charge in [-0.1, -0.05) is 60.7 Å². The third kappa shape index (κ3) is 3.74. The average molecular weight is 511 g/mol. The van der Waals surface area contributed by atoms with Crippen molar-refractivity contribution in [1.29, 1.82) is 0 Å². The SMILES string of the molecule is Cc1c(NC(=O)C(Cc2ccccc2)N2C(=O)C3C4C=CC(CC4)C3C2=O)c(=O)n(-c2ccccc2)n1C. The summed E-state index contributed by atoms with van der Waals surface area (Å²) in [6.07, 6.45) is 6.07. The fourth-order valence-corrected chi connectivity index (χ4v) is 6.46. The topological polar surface area (TPSA) is 93.4 Å². The molecule has 7 rings (SSSR count). The number of carbonyl (C=O) groups is 3. The van der Waals surface area contributed by atoms with Crippen LogP contribution in [0.25, 0.3) is 5.69 Å². The minimum atomic E-state index is -1.06. The van der Waals surface area contributed by atoms with Crippen molar-refractivity contribution in [3.63, 3.8) is 0 Å². The molecule has 5 atom stereocenters. The van der Waals surface area contributed by atoms with Crippen molar-refractivity contribution in [2.75, 3.05) is 5.32 Å². The van der Waals surface area contributed by atoms with E-state index < -0.39 is 23.8 Å². The lowest BCUT2D eigenvalue weighted by Crippen LogP contribution is -2.49. The first-order chi connectivity index (χ1) is 18.4. The minimum absolute atomic E-state index is 0.0290. The van der Waals surface area contributed by atoms with E-state index in [4.69, 9.17) is 0 Å². The minimum Gasteiger partial charge on any atom is -0.318 e. The van der Waals surface area contributed by atoms with Gasteiger partial charge in [0.25, 0.3) is 5.56 Å². The van der Waals surface area contributed by atoms with E-state index in [2.05, 4.69) is 17.5 Å². The molecule has 8 nitrogen and oxygen atoms in total. The average Bonchev–Trinajstić information content (AvgIpc) is 3.34. The summed E-state index contributed by atoms with van der Waals surface area (Å²) in [5, 5.41) is 2.81. The third-order valence-corrected chi connectivity index (χ3v) is 8.48. The van der Waals surface area contributed by atoms with Gasteiger partial charge in [0.05, 0.1) is 23.2 Å². The number of likely N-dealkylation sites (tertiary alicyclic amines) is 1. The molecule has 2 heterocycles. The molecule has 5 unspecified atom stereocenters. The van der Waals surface area contributed by atoms with Gasteiger partial charge in [0, 0.05) is 13.5 Å². The maximum atomic E-state index is 13.9. The number of benzene rings is 2. The van der Waals surface area contributed by atoms with Gasteiger partial charge in [-0.25, -0.2) is 4.68 Å². The molecule has 3 aromatic rings. The Hall–Kier alpha value is -4.20. The van der Waals surface area contributed by atoms with Crippen LogP contribution in [0.2, 0.25) is 0 Å². The van der Waals surface area contributed by atoms with Crippen molar-refractivity contribution in [2.45, 2.75) is 32.2 Å². The van der Waals surface area contributed by atoms with Gasteiger partial charge >= 0.3 is 0 Å². The molecule has 1 aromatic heterocycles. The number of anilines is 1. The molecule has 3 aliphatic carbocycles. The molecule has 0 spiro atoms. The van der Waals surface area contributed by atoms with E-state index in [1.807, 2.05) is 60.7 Å². The van der Waals surface area contributed by atoms with Crippen molar-refractivity contribution in [1.82, 2.24) is 14.3 Å². The lowest BCUT2D eigenvalue weighted by atomic mass is 9.63. The number of fused-ring (bicyclic) bond motifs is 1. The van der Waals surface area contributed by atoms with E-state index in [1.54, 1.807) is 18.7 Å². The van der Waals surface area contributed by atoms with Gasteiger partial charge < -0.3 is 5.32 Å². The lowest BCUT2D eigenvalue weighted by molar-refractivity contribution is -0.146. The van der Waals surface area contributed by atoms with Crippen LogP contribution >= 0.6 is 0 Å². The summed E-state index contributed by atoms with van der Waals surface area (Å²) in [7, 11) is 1.75. The summed E-state index contributed by atoms with van der Waals surface area (Å²) in [6.45, 7) is 1.76. The Bertz CT molecular complexity index is 1470. The Morgan fingerprint density at radius 2 is 1.45 bits per heavy atom.